The number of rotatable bonds is 4. The van der Waals surface area contributed by atoms with Crippen molar-refractivity contribution >= 4 is 18.0 Å². The molecule has 2 amide bonds. The zero-order chi connectivity index (χ0) is 13.9. The summed E-state index contributed by atoms with van der Waals surface area (Å²) >= 11 is 0. The molecule has 0 bridgehead atoms. The van der Waals surface area contributed by atoms with Gasteiger partial charge in [-0.2, -0.15) is 0 Å². The lowest BCUT2D eigenvalue weighted by atomic mass is 9.95. The number of hydrogen-bond donors (Lipinski definition) is 2. The van der Waals surface area contributed by atoms with Crippen LogP contribution in [0.3, 0.4) is 0 Å². The second kappa shape index (κ2) is 5.33. The Morgan fingerprint density at radius 1 is 1.44 bits per heavy atom. The van der Waals surface area contributed by atoms with Gasteiger partial charge >= 0.3 is 0 Å². The second-order valence-electron chi connectivity index (χ2n) is 4.84. The molecule has 0 aromatic heterocycles. The predicted molar refractivity (Wildman–Crippen MR) is 70.3 cm³/mol. The molecule has 0 atom stereocenters. The van der Waals surface area contributed by atoms with E-state index >= 15 is 0 Å². The number of hydrogen-bond acceptors (Lipinski definition) is 3. The van der Waals surface area contributed by atoms with Crippen molar-refractivity contribution in [3.05, 3.63) is 11.3 Å². The quantitative estimate of drug-likeness (QED) is 0.742. The van der Waals surface area contributed by atoms with Crippen molar-refractivity contribution in [2.75, 3.05) is 6.54 Å². The normalized spacial score (nSPS) is 20.9. The standard InChI is InChI=1S/C13H21N3O2/c1-5-10(15-8-17)9-7-16(11(18)6-2)13(3,4)12(9)14/h8,14H,5-7H2,1-4H3,(H,15,17)/b10-9-,14-12?. The van der Waals surface area contributed by atoms with E-state index in [1.165, 1.54) is 0 Å². The van der Waals surface area contributed by atoms with Crippen LogP contribution in [0.1, 0.15) is 40.5 Å². The highest BCUT2D eigenvalue weighted by molar-refractivity contribution is 6.10. The monoisotopic (exact) mass is 251 g/mol. The van der Waals surface area contributed by atoms with Gasteiger partial charge in [0.15, 0.2) is 0 Å². The Labute approximate surface area is 108 Å². The molecule has 0 aliphatic carbocycles. The third-order valence-electron chi connectivity index (χ3n) is 3.46. The summed E-state index contributed by atoms with van der Waals surface area (Å²) in [5.41, 5.74) is 1.30. The molecule has 0 spiro atoms. The van der Waals surface area contributed by atoms with Crippen LogP contribution in [0.2, 0.25) is 0 Å². The van der Waals surface area contributed by atoms with Crippen LogP contribution in [0.25, 0.3) is 0 Å². The number of allylic oxidation sites excluding steroid dienone is 1. The van der Waals surface area contributed by atoms with E-state index < -0.39 is 5.54 Å². The summed E-state index contributed by atoms with van der Waals surface area (Å²) in [5, 5.41) is 10.9. The topological polar surface area (TPSA) is 73.3 Å². The van der Waals surface area contributed by atoms with Gasteiger partial charge in [-0.25, -0.2) is 0 Å². The lowest BCUT2D eigenvalue weighted by Crippen LogP contribution is -2.45. The molecular formula is C13H21N3O2. The Bertz CT molecular complexity index is 410. The summed E-state index contributed by atoms with van der Waals surface area (Å²) in [4.78, 5) is 24.2. The molecule has 1 aliphatic heterocycles. The first-order valence-corrected chi connectivity index (χ1v) is 6.22. The summed E-state index contributed by atoms with van der Waals surface area (Å²) in [5.74, 6) is 0.0290. The fourth-order valence-corrected chi connectivity index (χ4v) is 2.25. The number of nitrogens with zero attached hydrogens (tertiary/aromatic N) is 1. The number of carbonyl (C=O) groups is 2. The van der Waals surface area contributed by atoms with E-state index in [0.717, 1.165) is 11.3 Å². The highest BCUT2D eigenvalue weighted by atomic mass is 16.2. The van der Waals surface area contributed by atoms with Gasteiger partial charge in [-0.05, 0) is 20.3 Å². The average Bonchev–Trinajstić information content (AvgIpc) is 2.58. The molecule has 0 radical (unpaired) electrons. The van der Waals surface area contributed by atoms with E-state index in [-0.39, 0.29) is 5.91 Å². The molecule has 18 heavy (non-hydrogen) atoms. The fourth-order valence-electron chi connectivity index (χ4n) is 2.25. The minimum Gasteiger partial charge on any atom is -0.332 e. The largest absolute Gasteiger partial charge is 0.332 e. The second-order valence-corrected chi connectivity index (χ2v) is 4.84. The number of carbonyl (C=O) groups excluding carboxylic acids is 2. The maximum Gasteiger partial charge on any atom is 0.223 e. The van der Waals surface area contributed by atoms with Crippen molar-refractivity contribution in [3.8, 4) is 0 Å². The molecule has 2 N–H and O–H groups in total. The third-order valence-corrected chi connectivity index (χ3v) is 3.46. The van der Waals surface area contributed by atoms with Crippen molar-refractivity contribution in [2.24, 2.45) is 0 Å². The van der Waals surface area contributed by atoms with Crippen LogP contribution in [0.4, 0.5) is 0 Å². The maximum atomic E-state index is 11.9. The van der Waals surface area contributed by atoms with Crippen molar-refractivity contribution in [1.29, 1.82) is 5.41 Å². The highest BCUT2D eigenvalue weighted by Crippen LogP contribution is 2.31. The Balaban J connectivity index is 3.18. The molecule has 5 nitrogen and oxygen atoms in total. The first kappa shape index (κ1) is 14.4. The van der Waals surface area contributed by atoms with Crippen molar-refractivity contribution in [3.63, 3.8) is 0 Å². The molecule has 5 heteroatoms. The molecule has 1 rings (SSSR count). The fraction of sp³-hybridized carbons (Fsp3) is 0.615. The minimum absolute atomic E-state index is 0.0290. The summed E-state index contributed by atoms with van der Waals surface area (Å²) in [6.07, 6.45) is 1.68. The van der Waals surface area contributed by atoms with Gasteiger partial charge in [0, 0.05) is 17.7 Å². The van der Waals surface area contributed by atoms with Crippen LogP contribution in [-0.4, -0.2) is 35.0 Å². The first-order chi connectivity index (χ1) is 8.39. The molecule has 0 aromatic carbocycles. The molecule has 0 saturated carbocycles. The number of nitrogens with one attached hydrogen (secondary N) is 2. The van der Waals surface area contributed by atoms with Crippen LogP contribution in [-0.2, 0) is 9.59 Å². The molecule has 1 saturated heterocycles. The van der Waals surface area contributed by atoms with Gasteiger partial charge in [-0.3, -0.25) is 9.59 Å². The third kappa shape index (κ3) is 2.30. The molecule has 0 unspecified atom stereocenters. The van der Waals surface area contributed by atoms with Gasteiger partial charge in [-0.15, -0.1) is 0 Å². The summed E-state index contributed by atoms with van der Waals surface area (Å²) < 4.78 is 0. The van der Waals surface area contributed by atoms with Crippen LogP contribution in [0.15, 0.2) is 11.3 Å². The predicted octanol–water partition coefficient (Wildman–Crippen LogP) is 1.45. The SMILES string of the molecule is CCC(=O)N1C/C(=C(\CC)NC=O)C(=N)C1(C)C. The van der Waals surface area contributed by atoms with Crippen molar-refractivity contribution < 1.29 is 9.59 Å². The summed E-state index contributed by atoms with van der Waals surface area (Å²) in [7, 11) is 0. The number of amides is 2. The zero-order valence-corrected chi connectivity index (χ0v) is 11.5. The van der Waals surface area contributed by atoms with E-state index in [4.69, 9.17) is 5.41 Å². The van der Waals surface area contributed by atoms with Gasteiger partial charge < -0.3 is 15.6 Å². The van der Waals surface area contributed by atoms with E-state index in [0.29, 0.717) is 31.5 Å². The molecule has 0 aromatic rings. The Morgan fingerprint density at radius 3 is 2.50 bits per heavy atom. The number of likely N-dealkylation sites (tertiary alicyclic amines) is 1. The zero-order valence-electron chi connectivity index (χ0n) is 11.5. The minimum atomic E-state index is -0.604. The van der Waals surface area contributed by atoms with Crippen LogP contribution in [0.5, 0.6) is 0 Å². The van der Waals surface area contributed by atoms with Gasteiger partial charge in [0.2, 0.25) is 12.3 Å². The molecule has 1 fully saturated rings. The van der Waals surface area contributed by atoms with E-state index in [1.54, 1.807) is 4.90 Å². The molecule has 100 valence electrons. The smallest absolute Gasteiger partial charge is 0.223 e. The van der Waals surface area contributed by atoms with Crippen LogP contribution in [0, 0.1) is 5.41 Å². The van der Waals surface area contributed by atoms with Gasteiger partial charge in [-0.1, -0.05) is 13.8 Å². The molecule has 1 heterocycles. The lowest BCUT2D eigenvalue weighted by molar-refractivity contribution is -0.132. The van der Waals surface area contributed by atoms with Crippen LogP contribution >= 0.6 is 0 Å². The van der Waals surface area contributed by atoms with Crippen molar-refractivity contribution in [1.82, 2.24) is 10.2 Å². The first-order valence-electron chi connectivity index (χ1n) is 6.22. The summed E-state index contributed by atoms with van der Waals surface area (Å²) in [6.45, 7) is 7.87. The van der Waals surface area contributed by atoms with E-state index in [1.807, 2.05) is 27.7 Å². The van der Waals surface area contributed by atoms with E-state index in [2.05, 4.69) is 5.32 Å². The summed E-state index contributed by atoms with van der Waals surface area (Å²) in [6, 6.07) is 0. The van der Waals surface area contributed by atoms with Gasteiger partial charge in [0.25, 0.3) is 0 Å². The van der Waals surface area contributed by atoms with Gasteiger partial charge in [0.05, 0.1) is 17.8 Å². The Kier molecular flexibility index (Phi) is 4.27. The van der Waals surface area contributed by atoms with Gasteiger partial charge in [0.1, 0.15) is 0 Å². The molecular weight excluding hydrogens is 230 g/mol. The Hall–Kier alpha value is -1.65. The van der Waals surface area contributed by atoms with Crippen molar-refractivity contribution in [2.45, 2.75) is 46.1 Å². The highest BCUT2D eigenvalue weighted by Gasteiger charge is 2.43. The lowest BCUT2D eigenvalue weighted by Gasteiger charge is -2.30. The van der Waals surface area contributed by atoms with Crippen LogP contribution < -0.4 is 5.32 Å². The van der Waals surface area contributed by atoms with E-state index in [9.17, 15) is 9.59 Å². The maximum absolute atomic E-state index is 11.9. The molecule has 1 aliphatic rings. The Morgan fingerprint density at radius 2 is 2.06 bits per heavy atom. The average molecular weight is 251 g/mol.